The van der Waals surface area contributed by atoms with Gasteiger partial charge in [0.1, 0.15) is 0 Å². The molecular weight excluding hydrogens is 393 g/mol. The Kier molecular flexibility index (Phi) is 44.6. The van der Waals surface area contributed by atoms with Crippen molar-refractivity contribution in [2.24, 2.45) is 0 Å². The molecule has 0 aliphatic heterocycles. The predicted octanol–water partition coefficient (Wildman–Crippen LogP) is 3.41. The normalized spacial score (nSPS) is 8.58. The Balaban J connectivity index is -0.0000000569. The second kappa shape index (κ2) is 22.9. The number of rotatable bonds is 2. The predicted molar refractivity (Wildman–Crippen MR) is 48.0 cm³/mol. The molecule has 0 spiro atoms. The fraction of sp³-hybridized carbons (Fsp3) is 0.500. The van der Waals surface area contributed by atoms with E-state index in [9.17, 15) is 0 Å². The molecule has 0 aliphatic rings. The van der Waals surface area contributed by atoms with Crippen molar-refractivity contribution < 1.29 is 53.8 Å². The molecule has 0 nitrogen and oxygen atoms in total. The van der Waals surface area contributed by atoms with Crippen LogP contribution >= 0.6 is 0 Å². The zero-order valence-electron chi connectivity index (χ0n) is 8.39. The van der Waals surface area contributed by atoms with Gasteiger partial charge in [-0.2, -0.15) is 20.3 Å². The Morgan fingerprint density at radius 1 is 1.33 bits per heavy atom. The zero-order chi connectivity index (χ0) is 8.41. The van der Waals surface area contributed by atoms with Gasteiger partial charge >= 0.3 is 0 Å². The number of hydrogen-bond donors (Lipinski definition) is 0. The van der Waals surface area contributed by atoms with Crippen LogP contribution in [-0.2, 0) is 53.8 Å². The molecule has 1 radical (unpaired) electrons. The van der Waals surface area contributed by atoms with E-state index in [0.717, 1.165) is 12.8 Å². The first-order valence-electron chi connectivity index (χ1n) is 3.61. The van der Waals surface area contributed by atoms with E-state index >= 15 is 0 Å². The Bertz CT molecular complexity index is 79.9. The third kappa shape index (κ3) is 30.0. The van der Waals surface area contributed by atoms with Crippen LogP contribution in [0.5, 0.6) is 0 Å². The van der Waals surface area contributed by atoms with Crippen LogP contribution < -0.4 is 0 Å². The summed E-state index contributed by atoms with van der Waals surface area (Å²) < 4.78 is 0. The molecule has 0 rings (SSSR count). The summed E-state index contributed by atoms with van der Waals surface area (Å²) in [4.78, 5) is 0. The molecule has 0 atom stereocenters. The molecule has 0 saturated heterocycles. The maximum absolute atomic E-state index is 3.68. The summed E-state index contributed by atoms with van der Waals surface area (Å²) in [6.45, 7) is 13.3. The van der Waals surface area contributed by atoms with E-state index in [0.29, 0.717) is 0 Å². The molecule has 0 heterocycles. The van der Waals surface area contributed by atoms with Crippen LogP contribution in [0.3, 0.4) is 0 Å². The molecule has 0 bridgehead atoms. The summed E-state index contributed by atoms with van der Waals surface area (Å²) in [6, 6.07) is 0. The number of hydrogen-bond acceptors (Lipinski definition) is 0. The van der Waals surface area contributed by atoms with Crippen LogP contribution in [0.25, 0.3) is 0 Å². The molecule has 0 aromatic rings. The van der Waals surface area contributed by atoms with Crippen LogP contribution in [0.2, 0.25) is 0 Å². The molecular formula is C10H18WY-4. The average molecular weight is 411 g/mol. The maximum atomic E-state index is 3.68. The van der Waals surface area contributed by atoms with Crippen LogP contribution in [0, 0.1) is 26.3 Å². The standard InChI is InChI=1S/C7H11.C3H7.W.Y/c1-4-6-7(3)5-2;1-3-2;;/h1-2,4-5H2,3H3;3H,1-2H3;;/q-3;-1;;. The molecule has 0 N–H and O–H groups in total. The van der Waals surface area contributed by atoms with E-state index in [-0.39, 0.29) is 53.8 Å². The van der Waals surface area contributed by atoms with Crippen molar-refractivity contribution in [2.75, 3.05) is 0 Å². The summed E-state index contributed by atoms with van der Waals surface area (Å²) >= 11 is 0. The van der Waals surface area contributed by atoms with Crippen LogP contribution in [0.1, 0.15) is 33.6 Å². The maximum Gasteiger partial charge on any atom is 0 e. The van der Waals surface area contributed by atoms with Gasteiger partial charge in [-0.1, -0.05) is 6.92 Å². The first kappa shape index (κ1) is 23.4. The Labute approximate surface area is 118 Å². The quantitative estimate of drug-likeness (QED) is 0.612. The minimum absolute atomic E-state index is 0. The Morgan fingerprint density at radius 3 is 1.75 bits per heavy atom. The van der Waals surface area contributed by atoms with Gasteiger partial charge in [0.15, 0.2) is 0 Å². The van der Waals surface area contributed by atoms with Gasteiger partial charge in [-0.25, -0.2) is 0 Å². The molecule has 0 saturated carbocycles. The van der Waals surface area contributed by atoms with E-state index in [1.807, 2.05) is 27.2 Å². The molecule has 0 unspecified atom stereocenters. The minimum Gasteiger partial charge on any atom is -0.531 e. The van der Waals surface area contributed by atoms with Crippen LogP contribution in [0.15, 0.2) is 5.57 Å². The van der Waals surface area contributed by atoms with Crippen LogP contribution in [-0.4, -0.2) is 0 Å². The summed E-state index contributed by atoms with van der Waals surface area (Å²) in [7, 11) is 0. The molecule has 71 valence electrons. The molecule has 12 heavy (non-hydrogen) atoms. The van der Waals surface area contributed by atoms with Gasteiger partial charge in [-0.15, -0.1) is 0 Å². The third-order valence-electron chi connectivity index (χ3n) is 0.802. The van der Waals surface area contributed by atoms with E-state index in [1.165, 1.54) is 5.57 Å². The fourth-order valence-electron chi connectivity index (χ4n) is 0.302. The summed E-state index contributed by atoms with van der Waals surface area (Å²) in [5.74, 6) is 0. The molecule has 2 heteroatoms. The fourth-order valence-corrected chi connectivity index (χ4v) is 0.302. The van der Waals surface area contributed by atoms with E-state index in [4.69, 9.17) is 0 Å². The van der Waals surface area contributed by atoms with Gasteiger partial charge in [-0.05, 0) is 0 Å². The van der Waals surface area contributed by atoms with Crippen molar-refractivity contribution in [3.63, 3.8) is 0 Å². The zero-order valence-corrected chi connectivity index (χ0v) is 14.2. The van der Waals surface area contributed by atoms with Gasteiger partial charge in [0.05, 0.1) is 0 Å². The largest absolute Gasteiger partial charge is 0.531 e. The van der Waals surface area contributed by atoms with E-state index in [2.05, 4.69) is 19.9 Å². The Hall–Kier alpha value is 1.53. The van der Waals surface area contributed by atoms with Crippen molar-refractivity contribution >= 4 is 0 Å². The summed E-state index contributed by atoms with van der Waals surface area (Å²) in [5, 5.41) is 0. The minimum atomic E-state index is 0. The second-order valence-corrected chi connectivity index (χ2v) is 2.03. The summed E-state index contributed by atoms with van der Waals surface area (Å²) in [6.07, 6.45) is 6.66. The summed E-state index contributed by atoms with van der Waals surface area (Å²) in [5.41, 5.74) is 1.20. The molecule has 0 aromatic carbocycles. The van der Waals surface area contributed by atoms with Gasteiger partial charge < -0.3 is 32.8 Å². The third-order valence-corrected chi connectivity index (χ3v) is 0.802. The molecule has 0 fully saturated rings. The van der Waals surface area contributed by atoms with Gasteiger partial charge in [0.25, 0.3) is 0 Å². The van der Waals surface area contributed by atoms with Crippen molar-refractivity contribution in [1.29, 1.82) is 0 Å². The molecule has 0 aromatic heterocycles. The van der Waals surface area contributed by atoms with Gasteiger partial charge in [0, 0.05) is 53.8 Å². The van der Waals surface area contributed by atoms with Crippen molar-refractivity contribution in [3.8, 4) is 0 Å². The van der Waals surface area contributed by atoms with Gasteiger partial charge in [-0.3, -0.25) is 5.57 Å². The topological polar surface area (TPSA) is 0 Å². The van der Waals surface area contributed by atoms with E-state index in [1.54, 1.807) is 0 Å². The first-order chi connectivity index (χ1) is 4.72. The van der Waals surface area contributed by atoms with Crippen molar-refractivity contribution in [1.82, 2.24) is 0 Å². The van der Waals surface area contributed by atoms with Crippen molar-refractivity contribution in [2.45, 2.75) is 33.6 Å². The molecule has 0 aliphatic carbocycles. The Morgan fingerprint density at radius 2 is 1.67 bits per heavy atom. The first-order valence-corrected chi connectivity index (χ1v) is 3.61. The smallest absolute Gasteiger partial charge is 0 e. The average Bonchev–Trinajstić information content (AvgIpc) is 1.90. The second-order valence-electron chi connectivity index (χ2n) is 2.03. The SMILES string of the molecule is C[CH-]C.[CH2-]C[C-]=C(C)C[CH2-].[W].[Y]. The van der Waals surface area contributed by atoms with Gasteiger partial charge in [0.2, 0.25) is 0 Å². The van der Waals surface area contributed by atoms with Crippen LogP contribution in [0.4, 0.5) is 0 Å². The molecule has 0 amide bonds. The monoisotopic (exact) mass is 411 g/mol. The van der Waals surface area contributed by atoms with Crippen molar-refractivity contribution in [3.05, 3.63) is 31.9 Å². The van der Waals surface area contributed by atoms with E-state index < -0.39 is 0 Å². The number of allylic oxidation sites excluding steroid dienone is 2.